The van der Waals surface area contributed by atoms with Gasteiger partial charge >= 0.3 is 203 Å². The van der Waals surface area contributed by atoms with E-state index in [0.29, 0.717) is 6.42 Å². The van der Waals surface area contributed by atoms with Gasteiger partial charge in [0.2, 0.25) is 0 Å². The van der Waals surface area contributed by atoms with Crippen molar-refractivity contribution in [2.24, 2.45) is 0 Å². The van der Waals surface area contributed by atoms with Crippen LogP contribution >= 0.6 is 21.3 Å². The molecule has 8 nitrogen and oxygen atoms in total. The van der Waals surface area contributed by atoms with Crippen LogP contribution in [0.1, 0.15) is 142 Å². The molecule has 2 unspecified atom stereocenters. The summed E-state index contributed by atoms with van der Waals surface area (Å²) in [6.07, 6.45) is 23.1. The molecule has 0 fully saturated rings. The molecule has 38 heavy (non-hydrogen) atoms. The van der Waals surface area contributed by atoms with E-state index in [0.717, 1.165) is 38.5 Å². The van der Waals surface area contributed by atoms with Crippen LogP contribution in [-0.4, -0.2) is 23.0 Å². The molecule has 229 valence electrons. The number of hydrogen-bond acceptors (Lipinski definition) is 8. The maximum absolute atomic E-state index is 13.1. The van der Waals surface area contributed by atoms with Gasteiger partial charge in [-0.1, -0.05) is 52.4 Å². The third-order valence-electron chi connectivity index (χ3n) is 5.99. The second-order valence-corrected chi connectivity index (χ2v) is 18.3. The molecular weight excluding hydrogens is 669 g/mol. The Bertz CT molecular complexity index is 700. The molecule has 2 atom stereocenters. The van der Waals surface area contributed by atoms with Gasteiger partial charge in [0.25, 0.3) is 0 Å². The van der Waals surface area contributed by atoms with Crippen LogP contribution in [0, 0.1) is 0 Å². The van der Waals surface area contributed by atoms with E-state index in [2.05, 4.69) is 25.7 Å². The molecule has 0 radical (unpaired) electrons. The molecule has 0 heterocycles. The van der Waals surface area contributed by atoms with E-state index in [1.807, 2.05) is 0 Å². The molecule has 0 aromatic rings. The summed E-state index contributed by atoms with van der Waals surface area (Å²) in [5.41, 5.74) is 0. The first-order valence-electron chi connectivity index (χ1n) is 14.4. The molecule has 0 aliphatic rings. The second kappa shape index (κ2) is 25.4. The van der Waals surface area contributed by atoms with Crippen molar-refractivity contribution in [1.82, 2.24) is 0 Å². The van der Waals surface area contributed by atoms with Gasteiger partial charge in [0, 0.05) is 0 Å². The fraction of sp³-hybridized carbons (Fsp3) is 1.00. The van der Waals surface area contributed by atoms with Crippen molar-refractivity contribution in [2.45, 2.75) is 142 Å². The van der Waals surface area contributed by atoms with Gasteiger partial charge in [0.05, 0.1) is 0 Å². The first-order valence-corrected chi connectivity index (χ1v) is 21.8. The predicted molar refractivity (Wildman–Crippen MR) is 159 cm³/mol. The van der Waals surface area contributed by atoms with Crippen LogP contribution < -0.4 is 0 Å². The Morgan fingerprint density at radius 1 is 0.579 bits per heavy atom. The summed E-state index contributed by atoms with van der Waals surface area (Å²) in [7, 11) is -4.50. The van der Waals surface area contributed by atoms with Gasteiger partial charge < -0.3 is 0 Å². The van der Waals surface area contributed by atoms with Crippen LogP contribution in [0.4, 0.5) is 0 Å². The van der Waals surface area contributed by atoms with Gasteiger partial charge in [-0.25, -0.2) is 0 Å². The summed E-state index contributed by atoms with van der Waals surface area (Å²) in [5.74, 6) is 0. The molecular formula is C24H52MoO8P3S2. The SMILES string of the molecule is CCCCCCCCCCCCOP(=O)(OP(O)(O)=S)OP(=S)([O][Mo])OCCCCCCCCCCCC. The van der Waals surface area contributed by atoms with Gasteiger partial charge in [-0.05, 0) is 0 Å². The third-order valence-corrected chi connectivity index (χ3v) is 14.4. The summed E-state index contributed by atoms with van der Waals surface area (Å²) >= 11 is 11.0. The Morgan fingerprint density at radius 3 is 1.26 bits per heavy atom. The molecule has 0 aromatic carbocycles. The van der Waals surface area contributed by atoms with Gasteiger partial charge in [0.1, 0.15) is 0 Å². The summed E-state index contributed by atoms with van der Waals surface area (Å²) in [5, 5.41) is 0. The molecule has 2 N–H and O–H groups in total. The van der Waals surface area contributed by atoms with E-state index >= 15 is 0 Å². The molecule has 14 heteroatoms. The zero-order valence-corrected chi connectivity index (χ0v) is 29.8. The molecule has 0 aromatic heterocycles. The zero-order chi connectivity index (χ0) is 28.6. The molecule has 0 saturated carbocycles. The Hall–Kier alpha value is 1.94. The van der Waals surface area contributed by atoms with E-state index in [1.54, 1.807) is 0 Å². The van der Waals surface area contributed by atoms with Crippen molar-refractivity contribution in [1.29, 1.82) is 0 Å². The average Bonchev–Trinajstić information content (AvgIpc) is 2.84. The molecule has 0 rings (SSSR count). The van der Waals surface area contributed by atoms with Gasteiger partial charge in [-0.15, -0.1) is 0 Å². The van der Waals surface area contributed by atoms with Crippen molar-refractivity contribution >= 4 is 44.9 Å². The van der Waals surface area contributed by atoms with Gasteiger partial charge in [0.15, 0.2) is 0 Å². The van der Waals surface area contributed by atoms with Crippen molar-refractivity contribution in [3.8, 4) is 0 Å². The fourth-order valence-electron chi connectivity index (χ4n) is 3.91. The van der Waals surface area contributed by atoms with E-state index in [1.165, 1.54) is 104 Å². The van der Waals surface area contributed by atoms with Crippen LogP contribution in [0.2, 0.25) is 0 Å². The minimum Gasteiger partial charge on any atom is -0.0654 e. The normalized spacial score (nSPS) is 15.4. The zero-order valence-electron chi connectivity index (χ0n) is 23.5. The summed E-state index contributed by atoms with van der Waals surface area (Å²) in [6, 6.07) is 0. The summed E-state index contributed by atoms with van der Waals surface area (Å²) in [4.78, 5) is 19.2. The quantitative estimate of drug-likeness (QED) is 0.0441. The van der Waals surface area contributed by atoms with E-state index in [-0.39, 0.29) is 13.2 Å². The summed E-state index contributed by atoms with van der Waals surface area (Å²) in [6.45, 7) is -3.08. The number of unbranched alkanes of at least 4 members (excludes halogenated alkanes) is 18. The Balaban J connectivity index is 4.36. The third kappa shape index (κ3) is 25.6. The first-order chi connectivity index (χ1) is 18.1. The molecule has 0 amide bonds. The monoisotopic (exact) mass is 723 g/mol. The van der Waals surface area contributed by atoms with Gasteiger partial charge in [-0.2, -0.15) is 0 Å². The molecule has 0 spiro atoms. The number of hydrogen-bond donors (Lipinski definition) is 2. The minimum absolute atomic E-state index is 0.0431. The van der Waals surface area contributed by atoms with Crippen molar-refractivity contribution in [3.63, 3.8) is 0 Å². The average molecular weight is 722 g/mol. The van der Waals surface area contributed by atoms with Crippen molar-refractivity contribution in [3.05, 3.63) is 0 Å². The van der Waals surface area contributed by atoms with Crippen molar-refractivity contribution in [2.75, 3.05) is 13.2 Å². The molecule has 0 aliphatic heterocycles. The van der Waals surface area contributed by atoms with Crippen LogP contribution in [0.25, 0.3) is 0 Å². The minimum atomic E-state index is -4.50. The standard InChI is InChI=1S/C24H53O8P3S2.Mo/c1-3-5-7-9-11-13-15-17-19-21-23-29-34(27,31-33(25,26)36)32-35(28,37)30-24-22-20-18-16-14-12-10-8-6-4-2;/h3-24H2,1-2H3,(H,28,37)(H2,25,26,36);/q;+1/p-1. The topological polar surface area (TPSA) is 104 Å². The fourth-order valence-corrected chi connectivity index (χ4v) is 10.4. The first kappa shape index (κ1) is 39.9. The molecule has 0 aliphatic carbocycles. The Morgan fingerprint density at radius 2 is 0.921 bits per heavy atom. The van der Waals surface area contributed by atoms with Crippen LogP contribution in [0.3, 0.4) is 0 Å². The molecule has 0 bridgehead atoms. The smallest absolute Gasteiger partial charge is 0.0654 e. The van der Waals surface area contributed by atoms with E-state index in [4.69, 9.17) is 32.7 Å². The van der Waals surface area contributed by atoms with E-state index in [9.17, 15) is 14.4 Å². The molecule has 0 saturated heterocycles. The number of rotatable bonds is 29. The number of phosphoric acid groups is 1. The second-order valence-electron chi connectivity index (χ2n) is 9.65. The van der Waals surface area contributed by atoms with Gasteiger partial charge in [-0.3, -0.25) is 0 Å². The predicted octanol–water partition coefficient (Wildman–Crippen LogP) is 9.91. The Labute approximate surface area is 254 Å². The van der Waals surface area contributed by atoms with E-state index < -0.39 is 21.3 Å². The van der Waals surface area contributed by atoms with Crippen LogP contribution in [0.5, 0.6) is 0 Å². The Kier molecular flexibility index (Phi) is 26.7. The van der Waals surface area contributed by atoms with Crippen LogP contribution in [0.15, 0.2) is 0 Å². The maximum atomic E-state index is 13.1. The van der Waals surface area contributed by atoms with Crippen LogP contribution in [-0.2, 0) is 69.2 Å². The summed E-state index contributed by atoms with van der Waals surface area (Å²) < 4.78 is 39.5. The van der Waals surface area contributed by atoms with Crippen molar-refractivity contribution < 1.29 is 55.4 Å².